The van der Waals surface area contributed by atoms with Gasteiger partial charge in [0.05, 0.1) is 8.68 Å². The number of nitrogens with zero attached hydrogens (tertiary/aromatic N) is 1. The predicted molar refractivity (Wildman–Crippen MR) is 80.5 cm³/mol. The van der Waals surface area contributed by atoms with E-state index in [1.807, 2.05) is 0 Å². The number of hydrogen-bond donors (Lipinski definition) is 1. The van der Waals surface area contributed by atoms with Gasteiger partial charge in [0.1, 0.15) is 6.04 Å². The molecule has 2 heterocycles. The van der Waals surface area contributed by atoms with Gasteiger partial charge in [-0.05, 0) is 41.8 Å². The molecule has 2 rings (SSSR count). The lowest BCUT2D eigenvalue weighted by atomic mass is 10.1. The van der Waals surface area contributed by atoms with Gasteiger partial charge in [-0.3, -0.25) is 4.79 Å². The van der Waals surface area contributed by atoms with Gasteiger partial charge >= 0.3 is 5.97 Å². The minimum atomic E-state index is -3.76. The van der Waals surface area contributed by atoms with Crippen molar-refractivity contribution in [3.05, 3.63) is 14.7 Å². The van der Waals surface area contributed by atoms with Crippen molar-refractivity contribution in [2.45, 2.75) is 43.5 Å². The van der Waals surface area contributed by atoms with Crippen LogP contribution in [0.4, 0.5) is 0 Å². The molecule has 0 saturated carbocycles. The zero-order valence-corrected chi connectivity index (χ0v) is 14.2. The van der Waals surface area contributed by atoms with Gasteiger partial charge in [0, 0.05) is 11.4 Å². The molecule has 0 amide bonds. The molecule has 1 unspecified atom stereocenters. The number of carboxylic acids is 1. The summed E-state index contributed by atoms with van der Waals surface area (Å²) in [5, 5.41) is 9.31. The molecule has 1 saturated heterocycles. The molecule has 1 aliphatic rings. The highest BCUT2D eigenvalue weighted by atomic mass is 79.9. The maximum Gasteiger partial charge on any atom is 0.322 e. The van der Waals surface area contributed by atoms with E-state index in [4.69, 9.17) is 0 Å². The maximum absolute atomic E-state index is 12.7. The number of carbonyl (C=O) groups is 1. The van der Waals surface area contributed by atoms with Crippen LogP contribution in [0, 0.1) is 6.92 Å². The molecule has 1 fully saturated rings. The van der Waals surface area contributed by atoms with E-state index in [2.05, 4.69) is 15.9 Å². The molecular weight excluding hydrogens is 366 g/mol. The van der Waals surface area contributed by atoms with Crippen LogP contribution in [0.15, 0.2) is 14.7 Å². The van der Waals surface area contributed by atoms with Crippen molar-refractivity contribution >= 4 is 43.3 Å². The Hall–Kier alpha value is -0.440. The molecule has 5 nitrogen and oxygen atoms in total. The SMILES string of the molecule is Cc1sc(Br)cc1S(=O)(=O)N1CCCCCC1C(=O)O. The van der Waals surface area contributed by atoms with Crippen LogP contribution in [0.5, 0.6) is 0 Å². The molecule has 8 heteroatoms. The Kier molecular flexibility index (Phi) is 4.88. The topological polar surface area (TPSA) is 74.7 Å². The van der Waals surface area contributed by atoms with Gasteiger partial charge in [-0.25, -0.2) is 8.42 Å². The summed E-state index contributed by atoms with van der Waals surface area (Å²) in [6.07, 6.45) is 2.68. The Morgan fingerprint density at radius 1 is 1.45 bits per heavy atom. The summed E-state index contributed by atoms with van der Waals surface area (Å²) >= 11 is 4.62. The van der Waals surface area contributed by atoms with E-state index in [-0.39, 0.29) is 11.4 Å². The van der Waals surface area contributed by atoms with Gasteiger partial charge in [-0.15, -0.1) is 11.3 Å². The lowest BCUT2D eigenvalue weighted by Gasteiger charge is -2.25. The van der Waals surface area contributed by atoms with Gasteiger partial charge in [0.2, 0.25) is 10.0 Å². The first-order valence-electron chi connectivity index (χ1n) is 6.34. The summed E-state index contributed by atoms with van der Waals surface area (Å²) < 4.78 is 27.4. The lowest BCUT2D eigenvalue weighted by Crippen LogP contribution is -2.44. The number of hydrogen-bond acceptors (Lipinski definition) is 4. The van der Waals surface area contributed by atoms with Crippen LogP contribution in [0.25, 0.3) is 0 Å². The molecule has 0 aromatic carbocycles. The summed E-state index contributed by atoms with van der Waals surface area (Å²) in [6, 6.07) is 0.597. The summed E-state index contributed by atoms with van der Waals surface area (Å²) in [7, 11) is -3.76. The fourth-order valence-corrected chi connectivity index (χ4v) is 6.47. The smallest absolute Gasteiger partial charge is 0.322 e. The van der Waals surface area contributed by atoms with Crippen LogP contribution >= 0.6 is 27.3 Å². The Balaban J connectivity index is 2.44. The minimum absolute atomic E-state index is 0.211. The highest BCUT2D eigenvalue weighted by Crippen LogP contribution is 2.33. The highest BCUT2D eigenvalue weighted by Gasteiger charge is 2.37. The zero-order valence-electron chi connectivity index (χ0n) is 11.0. The van der Waals surface area contributed by atoms with E-state index in [9.17, 15) is 18.3 Å². The average Bonchev–Trinajstić information content (AvgIpc) is 2.59. The predicted octanol–water partition coefficient (Wildman–Crippen LogP) is 2.84. The molecule has 1 aliphatic heterocycles. The molecule has 1 aromatic heterocycles. The molecule has 1 atom stereocenters. The van der Waals surface area contributed by atoms with Crippen LogP contribution in [-0.4, -0.2) is 36.4 Å². The van der Waals surface area contributed by atoms with Crippen LogP contribution in [0.2, 0.25) is 0 Å². The molecule has 0 spiro atoms. The number of halogens is 1. The van der Waals surface area contributed by atoms with Crippen molar-refractivity contribution in [2.24, 2.45) is 0 Å². The standard InChI is InChI=1S/C12H16BrNO4S2/c1-8-10(7-11(13)19-8)20(17,18)14-6-4-2-3-5-9(14)12(15)16/h7,9H,2-6H2,1H3,(H,15,16). The van der Waals surface area contributed by atoms with E-state index < -0.39 is 22.0 Å². The molecule has 1 aromatic rings. The summed E-state index contributed by atoms with van der Waals surface area (Å²) in [4.78, 5) is 12.3. The first kappa shape index (κ1) is 15.9. The van der Waals surface area contributed by atoms with E-state index in [0.717, 1.165) is 20.9 Å². The third-order valence-corrected chi connectivity index (χ3v) is 7.13. The fraction of sp³-hybridized carbons (Fsp3) is 0.583. The number of carboxylic acid groups (broad SMARTS) is 1. The first-order chi connectivity index (χ1) is 9.34. The third kappa shape index (κ3) is 3.08. The second kappa shape index (κ2) is 6.13. The fourth-order valence-electron chi connectivity index (χ4n) is 2.43. The third-order valence-electron chi connectivity index (χ3n) is 3.42. The molecule has 1 N–H and O–H groups in total. The van der Waals surface area contributed by atoms with Crippen LogP contribution in [0.1, 0.15) is 30.6 Å². The molecule has 0 aliphatic carbocycles. The minimum Gasteiger partial charge on any atom is -0.480 e. The maximum atomic E-state index is 12.7. The van der Waals surface area contributed by atoms with Gasteiger partial charge in [0.25, 0.3) is 0 Å². The van der Waals surface area contributed by atoms with Crippen LogP contribution < -0.4 is 0 Å². The Bertz CT molecular complexity index is 611. The van der Waals surface area contributed by atoms with Crippen LogP contribution in [0.3, 0.4) is 0 Å². The first-order valence-corrected chi connectivity index (χ1v) is 9.39. The normalized spacial score (nSPS) is 21.6. The molecular formula is C12H16BrNO4S2. The second-order valence-electron chi connectivity index (χ2n) is 4.79. The Labute approximate surface area is 130 Å². The average molecular weight is 382 g/mol. The lowest BCUT2D eigenvalue weighted by molar-refractivity contribution is -0.141. The molecule has 20 heavy (non-hydrogen) atoms. The van der Waals surface area contributed by atoms with Crippen molar-refractivity contribution in [3.8, 4) is 0 Å². The Morgan fingerprint density at radius 2 is 2.15 bits per heavy atom. The zero-order chi connectivity index (χ0) is 14.9. The van der Waals surface area contributed by atoms with Crippen molar-refractivity contribution in [2.75, 3.05) is 6.54 Å². The number of rotatable bonds is 3. The summed E-state index contributed by atoms with van der Waals surface area (Å²) in [5.41, 5.74) is 0. The number of aliphatic carboxylic acids is 1. The monoisotopic (exact) mass is 381 g/mol. The molecule has 112 valence electrons. The van der Waals surface area contributed by atoms with Crippen molar-refractivity contribution < 1.29 is 18.3 Å². The highest BCUT2D eigenvalue weighted by molar-refractivity contribution is 9.11. The van der Waals surface area contributed by atoms with Crippen LogP contribution in [-0.2, 0) is 14.8 Å². The van der Waals surface area contributed by atoms with Gasteiger partial charge < -0.3 is 5.11 Å². The number of thiophene rings is 1. The van der Waals surface area contributed by atoms with E-state index in [1.165, 1.54) is 11.3 Å². The van der Waals surface area contributed by atoms with Crippen molar-refractivity contribution in [3.63, 3.8) is 0 Å². The van der Waals surface area contributed by atoms with Crippen molar-refractivity contribution in [1.29, 1.82) is 0 Å². The summed E-state index contributed by atoms with van der Waals surface area (Å²) in [5.74, 6) is -1.07. The second-order valence-corrected chi connectivity index (χ2v) is 9.28. The summed E-state index contributed by atoms with van der Waals surface area (Å²) in [6.45, 7) is 2.00. The van der Waals surface area contributed by atoms with Crippen molar-refractivity contribution in [1.82, 2.24) is 4.31 Å². The quantitative estimate of drug-likeness (QED) is 0.873. The molecule has 0 bridgehead atoms. The number of aryl methyl sites for hydroxylation is 1. The molecule has 0 radical (unpaired) electrons. The van der Waals surface area contributed by atoms with Gasteiger partial charge in [0.15, 0.2) is 0 Å². The van der Waals surface area contributed by atoms with E-state index >= 15 is 0 Å². The van der Waals surface area contributed by atoms with E-state index in [0.29, 0.717) is 17.7 Å². The number of sulfonamides is 1. The van der Waals surface area contributed by atoms with Gasteiger partial charge in [-0.1, -0.05) is 12.8 Å². The van der Waals surface area contributed by atoms with Gasteiger partial charge in [-0.2, -0.15) is 4.31 Å². The van der Waals surface area contributed by atoms with E-state index in [1.54, 1.807) is 13.0 Å². The largest absolute Gasteiger partial charge is 0.480 e. The Morgan fingerprint density at radius 3 is 2.70 bits per heavy atom.